The number of aromatic carboxylic acids is 1. The van der Waals surface area contributed by atoms with E-state index in [1.807, 2.05) is 38.1 Å². The molecule has 0 saturated carbocycles. The van der Waals surface area contributed by atoms with E-state index in [0.717, 1.165) is 16.2 Å². The van der Waals surface area contributed by atoms with Crippen molar-refractivity contribution in [2.45, 2.75) is 20.4 Å². The van der Waals surface area contributed by atoms with Gasteiger partial charge >= 0.3 is 5.97 Å². The van der Waals surface area contributed by atoms with Crippen LogP contribution in [-0.2, 0) is 6.54 Å². The van der Waals surface area contributed by atoms with Gasteiger partial charge in [0, 0.05) is 18.0 Å². The fourth-order valence-corrected chi connectivity index (χ4v) is 2.85. The Balaban J connectivity index is 1.74. The first-order valence-corrected chi connectivity index (χ1v) is 7.60. The van der Waals surface area contributed by atoms with E-state index in [1.165, 1.54) is 16.9 Å². The lowest BCUT2D eigenvalue weighted by Crippen LogP contribution is -2.20. The molecule has 0 radical (unpaired) electrons. The van der Waals surface area contributed by atoms with Crippen molar-refractivity contribution in [3.8, 4) is 5.75 Å². The van der Waals surface area contributed by atoms with Crippen LogP contribution in [0.1, 0.15) is 25.7 Å². The van der Waals surface area contributed by atoms with Gasteiger partial charge in [-0.1, -0.05) is 12.1 Å². The lowest BCUT2D eigenvalue weighted by Gasteiger charge is -2.08. The zero-order valence-corrected chi connectivity index (χ0v) is 13.0. The van der Waals surface area contributed by atoms with Gasteiger partial charge in [0.15, 0.2) is 0 Å². The van der Waals surface area contributed by atoms with Gasteiger partial charge in [-0.05, 0) is 43.2 Å². The van der Waals surface area contributed by atoms with Crippen LogP contribution in [0.2, 0.25) is 0 Å². The molecule has 0 aliphatic carbocycles. The maximum absolute atomic E-state index is 10.9. The van der Waals surface area contributed by atoms with E-state index in [1.54, 1.807) is 6.07 Å². The minimum Gasteiger partial charge on any atom is -0.492 e. The Bertz CT molecular complexity index is 622. The molecule has 2 rings (SSSR count). The van der Waals surface area contributed by atoms with Crippen LogP contribution in [0.5, 0.6) is 5.75 Å². The van der Waals surface area contributed by atoms with E-state index in [0.29, 0.717) is 24.6 Å². The van der Waals surface area contributed by atoms with E-state index >= 15 is 0 Å². The largest absolute Gasteiger partial charge is 0.492 e. The standard InChI is InChI=1S/C16H19NO3S/c1-11-4-3-5-14(8-11)20-7-6-17-10-13-9-15(16(18)19)21-12(13)2/h3-5,8-9,17H,6-7,10H2,1-2H3,(H,18,19). The predicted octanol–water partition coefficient (Wildman–Crippen LogP) is 3.23. The summed E-state index contributed by atoms with van der Waals surface area (Å²) in [4.78, 5) is 12.3. The fraction of sp³-hybridized carbons (Fsp3) is 0.312. The lowest BCUT2D eigenvalue weighted by molar-refractivity contribution is 0.0702. The Morgan fingerprint density at radius 2 is 2.14 bits per heavy atom. The molecule has 2 aromatic rings. The Morgan fingerprint density at radius 3 is 2.81 bits per heavy atom. The molecule has 0 bridgehead atoms. The second kappa shape index (κ2) is 7.24. The van der Waals surface area contributed by atoms with Crippen molar-refractivity contribution >= 4 is 17.3 Å². The summed E-state index contributed by atoms with van der Waals surface area (Å²) in [6, 6.07) is 9.68. The van der Waals surface area contributed by atoms with Crippen LogP contribution >= 0.6 is 11.3 Å². The molecular formula is C16H19NO3S. The average molecular weight is 305 g/mol. The van der Waals surface area contributed by atoms with Crippen molar-refractivity contribution in [3.05, 3.63) is 51.2 Å². The third-order valence-electron chi connectivity index (χ3n) is 3.08. The molecule has 0 atom stereocenters. The number of aryl methyl sites for hydroxylation is 2. The minimum absolute atomic E-state index is 0.389. The molecule has 1 aromatic carbocycles. The Morgan fingerprint density at radius 1 is 1.33 bits per heavy atom. The highest BCUT2D eigenvalue weighted by Gasteiger charge is 2.10. The van der Waals surface area contributed by atoms with Crippen LogP contribution < -0.4 is 10.1 Å². The van der Waals surface area contributed by atoms with Gasteiger partial charge in [-0.3, -0.25) is 0 Å². The van der Waals surface area contributed by atoms with E-state index in [-0.39, 0.29) is 0 Å². The summed E-state index contributed by atoms with van der Waals surface area (Å²) >= 11 is 1.31. The third kappa shape index (κ3) is 4.58. The maximum Gasteiger partial charge on any atom is 0.345 e. The SMILES string of the molecule is Cc1cccc(OCCNCc2cc(C(=O)O)sc2C)c1. The van der Waals surface area contributed by atoms with Gasteiger partial charge in [0.25, 0.3) is 0 Å². The zero-order valence-electron chi connectivity index (χ0n) is 12.2. The number of hydrogen-bond donors (Lipinski definition) is 2. The van der Waals surface area contributed by atoms with Crippen LogP contribution in [0.3, 0.4) is 0 Å². The molecule has 4 nitrogen and oxygen atoms in total. The van der Waals surface area contributed by atoms with Crippen molar-refractivity contribution in [2.75, 3.05) is 13.2 Å². The van der Waals surface area contributed by atoms with Gasteiger partial charge in [0.2, 0.25) is 0 Å². The number of ether oxygens (including phenoxy) is 1. The molecule has 0 saturated heterocycles. The van der Waals surface area contributed by atoms with Crippen LogP contribution in [0.4, 0.5) is 0 Å². The number of rotatable bonds is 7. The molecule has 0 amide bonds. The smallest absolute Gasteiger partial charge is 0.345 e. The van der Waals surface area contributed by atoms with Crippen molar-refractivity contribution in [1.82, 2.24) is 5.32 Å². The maximum atomic E-state index is 10.9. The van der Waals surface area contributed by atoms with E-state index in [9.17, 15) is 4.79 Å². The number of nitrogens with one attached hydrogen (secondary N) is 1. The highest BCUT2D eigenvalue weighted by molar-refractivity contribution is 7.14. The van der Waals surface area contributed by atoms with Crippen LogP contribution in [0, 0.1) is 13.8 Å². The third-order valence-corrected chi connectivity index (χ3v) is 4.16. The van der Waals surface area contributed by atoms with E-state index in [4.69, 9.17) is 9.84 Å². The zero-order chi connectivity index (χ0) is 15.2. The molecule has 1 aromatic heterocycles. The second-order valence-corrected chi connectivity index (χ2v) is 6.10. The second-order valence-electron chi connectivity index (χ2n) is 4.84. The van der Waals surface area contributed by atoms with Crippen LogP contribution in [0.25, 0.3) is 0 Å². The summed E-state index contributed by atoms with van der Waals surface area (Å²) in [7, 11) is 0. The Labute approximate surface area is 128 Å². The summed E-state index contributed by atoms with van der Waals surface area (Å²) in [5.41, 5.74) is 2.21. The van der Waals surface area contributed by atoms with E-state index in [2.05, 4.69) is 5.32 Å². The number of carboxylic acids is 1. The number of carbonyl (C=O) groups is 1. The van der Waals surface area contributed by atoms with Crippen molar-refractivity contribution in [1.29, 1.82) is 0 Å². The molecule has 1 heterocycles. The minimum atomic E-state index is -0.864. The molecule has 0 aliphatic rings. The predicted molar refractivity (Wildman–Crippen MR) is 84.4 cm³/mol. The number of benzene rings is 1. The molecule has 0 unspecified atom stereocenters. The summed E-state index contributed by atoms with van der Waals surface area (Å²) in [6.45, 7) is 5.93. The number of hydrogen-bond acceptors (Lipinski definition) is 4. The van der Waals surface area contributed by atoms with Gasteiger partial charge < -0.3 is 15.2 Å². The molecule has 5 heteroatoms. The van der Waals surface area contributed by atoms with E-state index < -0.39 is 5.97 Å². The fourth-order valence-electron chi connectivity index (χ4n) is 1.97. The van der Waals surface area contributed by atoms with Crippen LogP contribution in [0.15, 0.2) is 30.3 Å². The van der Waals surface area contributed by atoms with Gasteiger partial charge in [-0.15, -0.1) is 11.3 Å². The summed E-state index contributed by atoms with van der Waals surface area (Å²) < 4.78 is 5.64. The van der Waals surface area contributed by atoms with Crippen molar-refractivity contribution in [3.63, 3.8) is 0 Å². The molecule has 21 heavy (non-hydrogen) atoms. The average Bonchev–Trinajstić information content (AvgIpc) is 2.80. The first-order chi connectivity index (χ1) is 10.1. The molecule has 0 aliphatic heterocycles. The normalized spacial score (nSPS) is 10.6. The van der Waals surface area contributed by atoms with Gasteiger partial charge in [0.1, 0.15) is 17.2 Å². The summed E-state index contributed by atoms with van der Waals surface area (Å²) in [6.07, 6.45) is 0. The summed E-state index contributed by atoms with van der Waals surface area (Å²) in [5, 5.41) is 12.2. The van der Waals surface area contributed by atoms with Crippen molar-refractivity contribution in [2.24, 2.45) is 0 Å². The first kappa shape index (κ1) is 15.5. The van der Waals surface area contributed by atoms with Crippen molar-refractivity contribution < 1.29 is 14.6 Å². The highest BCUT2D eigenvalue weighted by atomic mass is 32.1. The quantitative estimate of drug-likeness (QED) is 0.771. The monoisotopic (exact) mass is 305 g/mol. The van der Waals surface area contributed by atoms with Gasteiger partial charge in [-0.2, -0.15) is 0 Å². The van der Waals surface area contributed by atoms with Gasteiger partial charge in [0.05, 0.1) is 0 Å². The first-order valence-electron chi connectivity index (χ1n) is 6.79. The summed E-state index contributed by atoms with van der Waals surface area (Å²) in [5.74, 6) is 0.00816. The van der Waals surface area contributed by atoms with Gasteiger partial charge in [-0.25, -0.2) is 4.79 Å². The molecule has 0 fully saturated rings. The molecule has 0 spiro atoms. The number of carboxylic acid groups (broad SMARTS) is 1. The Hall–Kier alpha value is -1.85. The topological polar surface area (TPSA) is 58.6 Å². The highest BCUT2D eigenvalue weighted by Crippen LogP contribution is 2.21. The number of thiophene rings is 1. The molecular weight excluding hydrogens is 286 g/mol. The Kier molecular flexibility index (Phi) is 5.36. The molecule has 2 N–H and O–H groups in total. The molecule has 112 valence electrons. The van der Waals surface area contributed by atoms with Crippen LogP contribution in [-0.4, -0.2) is 24.2 Å². The lowest BCUT2D eigenvalue weighted by atomic mass is 10.2.